The van der Waals surface area contributed by atoms with Gasteiger partial charge >= 0.3 is 6.18 Å². The molecule has 2 aromatic heterocycles. The van der Waals surface area contributed by atoms with E-state index in [9.17, 15) is 31.5 Å². The maximum atomic E-state index is 14.9. The molecule has 0 saturated carbocycles. The van der Waals surface area contributed by atoms with E-state index in [2.05, 4.69) is 28.5 Å². The fraction of sp³-hybridized carbons (Fsp3) is 0.333. The van der Waals surface area contributed by atoms with Gasteiger partial charge in [0.15, 0.2) is 28.9 Å². The predicted molar refractivity (Wildman–Crippen MR) is 137 cm³/mol. The molecule has 1 fully saturated rings. The largest absolute Gasteiger partial charge is 0.493 e. The van der Waals surface area contributed by atoms with Crippen LogP contribution in [0.15, 0.2) is 24.9 Å². The van der Waals surface area contributed by atoms with Crippen LogP contribution in [0.3, 0.4) is 0 Å². The van der Waals surface area contributed by atoms with E-state index in [-0.39, 0.29) is 51.9 Å². The minimum absolute atomic E-state index is 0.0135. The Morgan fingerprint density at radius 2 is 1.85 bits per heavy atom. The second kappa shape index (κ2) is 11.4. The number of halogens is 5. The summed E-state index contributed by atoms with van der Waals surface area (Å²) in [4.78, 5) is 30.6. The lowest BCUT2D eigenvalue weighted by Crippen LogP contribution is -2.27. The normalized spacial score (nSPS) is 15.0. The van der Waals surface area contributed by atoms with Crippen molar-refractivity contribution in [2.24, 2.45) is 0 Å². The van der Waals surface area contributed by atoms with E-state index in [1.165, 1.54) is 23.8 Å². The van der Waals surface area contributed by atoms with E-state index in [4.69, 9.17) is 15.2 Å². The van der Waals surface area contributed by atoms with Gasteiger partial charge in [-0.1, -0.05) is 12.5 Å². The number of ether oxygens (including phenoxy) is 2. The molecule has 1 amide bonds. The van der Waals surface area contributed by atoms with Crippen LogP contribution < -0.4 is 15.2 Å². The molecule has 2 N–H and O–H groups in total. The molecule has 0 unspecified atom stereocenters. The van der Waals surface area contributed by atoms with Gasteiger partial charge < -0.3 is 20.1 Å². The number of rotatable bonds is 7. The number of benzene rings is 1. The number of amides is 1. The summed E-state index contributed by atoms with van der Waals surface area (Å²) in [6.07, 6.45) is -4.23. The standard InChI is InChI=1S/C27H24F5N5O4/c1-4-21(39)36-10-8-14(13-36)37-25-16(18(38)7-9-27(30,31)32)12-34-26(33)22(25)17(35-37)6-5-15-23(28)19(40-2)11-20(41-3)24(15)29/h4,11-12,14H,1,7-10,13H2,2-3H3,(H2,33,34)/t14-/m0/s1. The van der Waals surface area contributed by atoms with Crippen LogP contribution in [-0.4, -0.2) is 64.8 Å². The number of Topliss-reactive ketones (excluding diaryl/α,β-unsaturated/α-hetero) is 1. The van der Waals surface area contributed by atoms with Crippen molar-refractivity contribution in [2.75, 3.05) is 33.0 Å². The molecule has 1 aliphatic rings. The van der Waals surface area contributed by atoms with E-state index in [0.29, 0.717) is 13.0 Å². The highest BCUT2D eigenvalue weighted by molar-refractivity contribution is 6.10. The third-order valence-electron chi connectivity index (χ3n) is 6.57. The number of methoxy groups -OCH3 is 2. The summed E-state index contributed by atoms with van der Waals surface area (Å²) >= 11 is 0. The summed E-state index contributed by atoms with van der Waals surface area (Å²) in [5, 5.41) is 4.45. The number of pyridine rings is 1. The van der Waals surface area contributed by atoms with E-state index in [1.54, 1.807) is 0 Å². The van der Waals surface area contributed by atoms with Crippen molar-refractivity contribution in [3.63, 3.8) is 0 Å². The molecule has 4 rings (SSSR count). The van der Waals surface area contributed by atoms with Crippen molar-refractivity contribution in [1.29, 1.82) is 0 Å². The van der Waals surface area contributed by atoms with Crippen molar-refractivity contribution < 1.29 is 41.0 Å². The molecule has 1 saturated heterocycles. The highest BCUT2D eigenvalue weighted by Crippen LogP contribution is 2.34. The second-order valence-electron chi connectivity index (χ2n) is 9.08. The van der Waals surface area contributed by atoms with Gasteiger partial charge in [-0.05, 0) is 18.4 Å². The first kappa shape index (κ1) is 29.3. The Morgan fingerprint density at radius 3 is 2.44 bits per heavy atom. The lowest BCUT2D eigenvalue weighted by atomic mass is 10.0. The highest BCUT2D eigenvalue weighted by atomic mass is 19.4. The molecule has 3 heterocycles. The first-order valence-corrected chi connectivity index (χ1v) is 12.2. The van der Waals surface area contributed by atoms with E-state index in [0.717, 1.165) is 18.3 Å². The van der Waals surface area contributed by atoms with Crippen molar-refractivity contribution >= 4 is 28.4 Å². The number of fused-ring (bicyclic) bond motifs is 1. The van der Waals surface area contributed by atoms with Crippen molar-refractivity contribution in [2.45, 2.75) is 31.5 Å². The molecule has 0 aliphatic carbocycles. The number of ketones is 1. The van der Waals surface area contributed by atoms with Crippen LogP contribution in [0.2, 0.25) is 0 Å². The average Bonchev–Trinajstić information content (AvgIpc) is 3.57. The minimum Gasteiger partial charge on any atom is -0.493 e. The Kier molecular flexibility index (Phi) is 8.18. The number of likely N-dealkylation sites (tertiary alicyclic amines) is 1. The Morgan fingerprint density at radius 1 is 1.20 bits per heavy atom. The lowest BCUT2D eigenvalue weighted by Gasteiger charge is -2.16. The minimum atomic E-state index is -4.57. The van der Waals surface area contributed by atoms with Gasteiger partial charge in [-0.15, -0.1) is 0 Å². The molecular formula is C27H24F5N5O4. The highest BCUT2D eigenvalue weighted by Gasteiger charge is 2.33. The molecule has 216 valence electrons. The average molecular weight is 578 g/mol. The quantitative estimate of drug-likeness (QED) is 0.194. The number of hydrogen-bond donors (Lipinski definition) is 1. The molecule has 0 radical (unpaired) electrons. The second-order valence-corrected chi connectivity index (χ2v) is 9.08. The van der Waals surface area contributed by atoms with Crippen molar-refractivity contribution in [3.8, 4) is 23.3 Å². The van der Waals surface area contributed by atoms with Gasteiger partial charge in [-0.3, -0.25) is 14.3 Å². The van der Waals surface area contributed by atoms with Gasteiger partial charge in [0.2, 0.25) is 5.91 Å². The zero-order valence-electron chi connectivity index (χ0n) is 21.9. The van der Waals surface area contributed by atoms with Gasteiger partial charge in [0.1, 0.15) is 17.1 Å². The molecule has 14 heteroatoms. The predicted octanol–water partition coefficient (Wildman–Crippen LogP) is 4.19. The summed E-state index contributed by atoms with van der Waals surface area (Å²) in [7, 11) is 2.35. The van der Waals surface area contributed by atoms with Crippen LogP contribution >= 0.6 is 0 Å². The Balaban J connectivity index is 1.91. The molecular weight excluding hydrogens is 553 g/mol. The maximum absolute atomic E-state index is 14.9. The molecule has 1 atom stereocenters. The maximum Gasteiger partial charge on any atom is 0.389 e. The fourth-order valence-electron chi connectivity index (χ4n) is 4.53. The Hall–Kier alpha value is -4.67. The first-order valence-electron chi connectivity index (χ1n) is 12.2. The number of hydrogen-bond acceptors (Lipinski definition) is 7. The van der Waals surface area contributed by atoms with Crippen LogP contribution in [0.5, 0.6) is 11.5 Å². The monoisotopic (exact) mass is 577 g/mol. The number of nitrogen functional groups attached to an aromatic ring is 1. The molecule has 0 spiro atoms. The number of nitrogens with zero attached hydrogens (tertiary/aromatic N) is 4. The number of alkyl halides is 3. The van der Waals surface area contributed by atoms with E-state index in [1.807, 2.05) is 0 Å². The number of carbonyl (C=O) groups is 2. The van der Waals surface area contributed by atoms with Crippen molar-refractivity contribution in [3.05, 3.63) is 53.4 Å². The number of carbonyl (C=O) groups excluding carboxylic acids is 2. The molecule has 9 nitrogen and oxygen atoms in total. The first-order chi connectivity index (χ1) is 19.4. The van der Waals surface area contributed by atoms with Crippen molar-refractivity contribution in [1.82, 2.24) is 19.7 Å². The van der Waals surface area contributed by atoms with Gasteiger partial charge in [-0.25, -0.2) is 13.8 Å². The van der Waals surface area contributed by atoms with Crippen LogP contribution in [0.25, 0.3) is 10.9 Å². The zero-order valence-corrected chi connectivity index (χ0v) is 21.9. The van der Waals surface area contributed by atoms with Crippen LogP contribution in [0.4, 0.5) is 27.8 Å². The summed E-state index contributed by atoms with van der Waals surface area (Å²) < 4.78 is 79.7. The topological polar surface area (TPSA) is 113 Å². The van der Waals surface area contributed by atoms with Crippen LogP contribution in [0, 0.1) is 23.5 Å². The van der Waals surface area contributed by atoms with Gasteiger partial charge in [0, 0.05) is 31.8 Å². The summed E-state index contributed by atoms with van der Waals surface area (Å²) in [5.41, 5.74) is 5.14. The third kappa shape index (κ3) is 5.79. The lowest BCUT2D eigenvalue weighted by molar-refractivity contribution is -0.133. The third-order valence-corrected chi connectivity index (χ3v) is 6.57. The van der Waals surface area contributed by atoms with Gasteiger partial charge in [-0.2, -0.15) is 18.3 Å². The molecule has 0 bridgehead atoms. The molecule has 41 heavy (non-hydrogen) atoms. The SMILES string of the molecule is C=CC(=O)N1CC[C@H](n2nc(C#Cc3c(F)c(OC)cc(OC)c3F)c3c(N)ncc(C(=O)CCC(F)(F)F)c32)C1. The Bertz CT molecular complexity index is 1580. The molecule has 3 aromatic rings. The number of nitrogens with two attached hydrogens (primary N) is 1. The molecule has 1 aromatic carbocycles. The van der Waals surface area contributed by atoms with Crippen LogP contribution in [0.1, 0.15) is 46.9 Å². The molecule has 1 aliphatic heterocycles. The zero-order chi connectivity index (χ0) is 30.1. The smallest absolute Gasteiger partial charge is 0.389 e. The van der Waals surface area contributed by atoms with Gasteiger partial charge in [0.05, 0.1) is 43.1 Å². The van der Waals surface area contributed by atoms with E-state index >= 15 is 0 Å². The summed E-state index contributed by atoms with van der Waals surface area (Å²) in [5.74, 6) is 0.675. The van der Waals surface area contributed by atoms with Gasteiger partial charge in [0.25, 0.3) is 0 Å². The summed E-state index contributed by atoms with van der Waals surface area (Å²) in [6.45, 7) is 3.92. The fourth-order valence-corrected chi connectivity index (χ4v) is 4.53. The van der Waals surface area contributed by atoms with E-state index < -0.39 is 48.0 Å². The Labute approximate surface area is 230 Å². The number of anilines is 1. The summed E-state index contributed by atoms with van der Waals surface area (Å²) in [6, 6.07) is 0.482. The van der Waals surface area contributed by atoms with Crippen LogP contribution in [-0.2, 0) is 4.79 Å². The number of aromatic nitrogens is 3.